The van der Waals surface area contributed by atoms with Crippen LogP contribution in [0.25, 0.3) is 0 Å². The summed E-state index contributed by atoms with van der Waals surface area (Å²) < 4.78 is 0. The number of nitriles is 1. The lowest BCUT2D eigenvalue weighted by Gasteiger charge is -2.54. The van der Waals surface area contributed by atoms with Gasteiger partial charge in [-0.1, -0.05) is 48.9 Å². The first-order chi connectivity index (χ1) is 15.3. The van der Waals surface area contributed by atoms with E-state index in [2.05, 4.69) is 19.1 Å². The summed E-state index contributed by atoms with van der Waals surface area (Å²) in [5.74, 6) is 0.823. The first kappa shape index (κ1) is 21.1. The van der Waals surface area contributed by atoms with E-state index in [1.54, 1.807) is 6.92 Å². The molecule has 1 aromatic carbocycles. The number of fused-ring (bicyclic) bond motifs is 4. The van der Waals surface area contributed by atoms with Gasteiger partial charge in [0.05, 0.1) is 12.5 Å². The highest BCUT2D eigenvalue weighted by molar-refractivity contribution is 5.94. The molecule has 5 atom stereocenters. The zero-order chi connectivity index (χ0) is 22.7. The van der Waals surface area contributed by atoms with Crippen LogP contribution in [-0.4, -0.2) is 22.3 Å². The fraction of sp³-hybridized carbons (Fsp3) is 0.464. The topological polar surface area (TPSA) is 78.2 Å². The van der Waals surface area contributed by atoms with Crippen molar-refractivity contribution in [2.75, 3.05) is 0 Å². The van der Waals surface area contributed by atoms with Crippen molar-refractivity contribution in [1.29, 1.82) is 5.26 Å². The van der Waals surface area contributed by atoms with Crippen LogP contribution in [0.5, 0.6) is 0 Å². The van der Waals surface area contributed by atoms with Gasteiger partial charge >= 0.3 is 0 Å². The summed E-state index contributed by atoms with van der Waals surface area (Å²) >= 11 is 0. The number of allylic oxidation sites excluding steroid dienone is 5. The Morgan fingerprint density at radius 1 is 1.22 bits per heavy atom. The monoisotopic (exact) mass is 427 g/mol. The van der Waals surface area contributed by atoms with Gasteiger partial charge in [-0.2, -0.15) is 5.26 Å². The molecule has 1 aromatic rings. The van der Waals surface area contributed by atoms with Crippen molar-refractivity contribution >= 4 is 11.6 Å². The van der Waals surface area contributed by atoms with Crippen molar-refractivity contribution in [1.82, 2.24) is 0 Å². The third-order valence-electron chi connectivity index (χ3n) is 8.63. The van der Waals surface area contributed by atoms with Crippen LogP contribution >= 0.6 is 0 Å². The fourth-order valence-corrected chi connectivity index (χ4v) is 6.86. The number of ketones is 2. The summed E-state index contributed by atoms with van der Waals surface area (Å²) in [6, 6.07) is 10.1. The van der Waals surface area contributed by atoms with Crippen molar-refractivity contribution in [3.05, 3.63) is 70.3 Å². The number of hydrogen-bond donors (Lipinski definition) is 1. The predicted octanol–water partition coefficient (Wildman–Crippen LogP) is 5.21. The highest BCUT2D eigenvalue weighted by atomic mass is 16.3. The Kier molecular flexibility index (Phi) is 4.87. The summed E-state index contributed by atoms with van der Waals surface area (Å²) in [6.07, 6.45) is 9.89. The van der Waals surface area contributed by atoms with Gasteiger partial charge in [0.1, 0.15) is 5.60 Å². The molecular formula is C28H29NO3. The normalized spacial score (nSPS) is 35.5. The van der Waals surface area contributed by atoms with Crippen molar-refractivity contribution in [3.8, 4) is 6.07 Å². The van der Waals surface area contributed by atoms with E-state index < -0.39 is 11.0 Å². The molecule has 1 N–H and O–H groups in total. The minimum absolute atomic E-state index is 0.0455. The molecule has 1 fully saturated rings. The van der Waals surface area contributed by atoms with Gasteiger partial charge in [0, 0.05) is 23.3 Å². The molecule has 4 nitrogen and oxygen atoms in total. The summed E-state index contributed by atoms with van der Waals surface area (Å²) in [5.41, 5.74) is 4.21. The first-order valence-electron chi connectivity index (χ1n) is 11.6. The molecule has 0 aliphatic heterocycles. The Labute approximate surface area is 189 Å². The van der Waals surface area contributed by atoms with E-state index in [9.17, 15) is 20.0 Å². The second-order valence-electron chi connectivity index (χ2n) is 10.2. The van der Waals surface area contributed by atoms with Gasteiger partial charge in [-0.25, -0.2) is 0 Å². The maximum Gasteiger partial charge on any atom is 0.159 e. The van der Waals surface area contributed by atoms with E-state index in [1.807, 2.05) is 36.4 Å². The summed E-state index contributed by atoms with van der Waals surface area (Å²) in [7, 11) is 0. The molecule has 5 rings (SSSR count). The predicted molar refractivity (Wildman–Crippen MR) is 122 cm³/mol. The molecule has 0 heterocycles. The van der Waals surface area contributed by atoms with Crippen LogP contribution in [0.4, 0.5) is 0 Å². The summed E-state index contributed by atoms with van der Waals surface area (Å²) in [6.45, 7) is 3.72. The molecule has 0 amide bonds. The Morgan fingerprint density at radius 3 is 2.66 bits per heavy atom. The van der Waals surface area contributed by atoms with Crippen LogP contribution in [0.3, 0.4) is 0 Å². The number of carbonyl (C=O) groups excluding carboxylic acids is 2. The number of carbonyl (C=O) groups is 2. The zero-order valence-electron chi connectivity index (χ0n) is 18.7. The Bertz CT molecular complexity index is 1130. The molecule has 4 heteroatoms. The highest BCUT2D eigenvalue weighted by Gasteiger charge is 2.60. The van der Waals surface area contributed by atoms with Crippen molar-refractivity contribution < 1.29 is 14.7 Å². The van der Waals surface area contributed by atoms with Gasteiger partial charge in [-0.15, -0.1) is 0 Å². The third-order valence-corrected chi connectivity index (χ3v) is 8.63. The molecule has 4 aliphatic rings. The maximum atomic E-state index is 12.1. The van der Waals surface area contributed by atoms with Crippen LogP contribution in [0, 0.1) is 28.6 Å². The van der Waals surface area contributed by atoms with Gasteiger partial charge in [0.2, 0.25) is 0 Å². The molecule has 32 heavy (non-hydrogen) atoms. The van der Waals surface area contributed by atoms with Crippen LogP contribution < -0.4 is 0 Å². The Hall–Kier alpha value is -2.77. The van der Waals surface area contributed by atoms with E-state index in [0.29, 0.717) is 12.0 Å². The number of hydrogen-bond acceptors (Lipinski definition) is 4. The number of benzene rings is 1. The molecule has 164 valence electrons. The average molecular weight is 428 g/mol. The number of rotatable bonds is 3. The molecule has 0 saturated heterocycles. The molecule has 0 aromatic heterocycles. The molecule has 0 unspecified atom stereocenters. The Morgan fingerprint density at radius 2 is 1.97 bits per heavy atom. The smallest absolute Gasteiger partial charge is 0.159 e. The second-order valence-corrected chi connectivity index (χ2v) is 10.2. The molecule has 0 radical (unpaired) electrons. The van der Waals surface area contributed by atoms with Crippen LogP contribution in [0.15, 0.2) is 59.2 Å². The number of aliphatic hydroxyl groups is 1. The van der Waals surface area contributed by atoms with Crippen molar-refractivity contribution in [3.63, 3.8) is 0 Å². The number of nitrogens with zero attached hydrogens (tertiary/aromatic N) is 1. The standard InChI is InChI=1S/C28H29NO3/c1-17(30)18-3-5-19(6-4-18)24-16-27(2)25(11-12-28(27,32)13-14-29)23-9-7-20-15-21(31)8-10-22(20)26(23)24/h3-6,11-12,15,23-25,32H,7-10,13,16H2,1-2H3/t23-,24+,25-,27-,28+/m0/s1. The SMILES string of the molecule is CC(=O)c1ccc([C@H]2C[C@@]3(C)[C@@H](C=C[C@@]3(O)CC#N)[C@@H]3CCC4=CC(=O)CCC4=C32)cc1. The Balaban J connectivity index is 1.67. The van der Waals surface area contributed by atoms with E-state index in [4.69, 9.17) is 0 Å². The van der Waals surface area contributed by atoms with E-state index in [0.717, 1.165) is 31.2 Å². The molecule has 0 spiro atoms. The highest BCUT2D eigenvalue weighted by Crippen LogP contribution is 2.65. The fourth-order valence-electron chi connectivity index (χ4n) is 6.86. The van der Waals surface area contributed by atoms with E-state index in [-0.39, 0.29) is 35.7 Å². The van der Waals surface area contributed by atoms with Gasteiger partial charge in [0.15, 0.2) is 11.6 Å². The van der Waals surface area contributed by atoms with Gasteiger partial charge in [-0.3, -0.25) is 9.59 Å². The van der Waals surface area contributed by atoms with Crippen molar-refractivity contribution in [2.24, 2.45) is 17.3 Å². The maximum absolute atomic E-state index is 12.1. The third kappa shape index (κ3) is 2.98. The quantitative estimate of drug-likeness (QED) is 0.531. The second kappa shape index (κ2) is 7.39. The largest absolute Gasteiger partial charge is 0.384 e. The van der Waals surface area contributed by atoms with Crippen LogP contribution in [0.2, 0.25) is 0 Å². The van der Waals surface area contributed by atoms with Gasteiger partial charge in [0.25, 0.3) is 0 Å². The summed E-state index contributed by atoms with van der Waals surface area (Å²) in [4.78, 5) is 23.9. The van der Waals surface area contributed by atoms with E-state index >= 15 is 0 Å². The average Bonchev–Trinajstić information content (AvgIpc) is 3.03. The lowest BCUT2D eigenvalue weighted by atomic mass is 9.50. The van der Waals surface area contributed by atoms with Crippen LogP contribution in [0.1, 0.15) is 74.2 Å². The van der Waals surface area contributed by atoms with Gasteiger partial charge in [-0.05, 0) is 67.2 Å². The van der Waals surface area contributed by atoms with Gasteiger partial charge < -0.3 is 5.11 Å². The molecular weight excluding hydrogens is 398 g/mol. The zero-order valence-corrected chi connectivity index (χ0v) is 18.7. The minimum atomic E-state index is -1.14. The minimum Gasteiger partial charge on any atom is -0.384 e. The summed E-state index contributed by atoms with van der Waals surface area (Å²) in [5, 5.41) is 21.0. The van der Waals surface area contributed by atoms with E-state index in [1.165, 1.54) is 16.7 Å². The number of Topliss-reactive ketones (excluding diaryl/α,β-unsaturated/α-hetero) is 1. The lowest BCUT2D eigenvalue weighted by Crippen LogP contribution is -2.52. The molecule has 4 aliphatic carbocycles. The molecule has 1 saturated carbocycles. The van der Waals surface area contributed by atoms with Crippen LogP contribution in [-0.2, 0) is 4.79 Å². The lowest BCUT2D eigenvalue weighted by molar-refractivity contribution is -0.114. The first-order valence-corrected chi connectivity index (χ1v) is 11.6. The van der Waals surface area contributed by atoms with Crippen molar-refractivity contribution in [2.45, 2.75) is 63.9 Å². The molecule has 0 bridgehead atoms.